The molecule has 0 bridgehead atoms. The van der Waals surface area contributed by atoms with E-state index in [9.17, 15) is 32.3 Å². The SMILES string of the molecule is O=C(OCC(=O)N(Cc1ccccc1)CC(F)(F)F)c1ccccc1CN1C(=O)CNC1=O. The number of urea groups is 1. The van der Waals surface area contributed by atoms with Gasteiger partial charge in [0.25, 0.3) is 5.91 Å². The first-order valence-electron chi connectivity index (χ1n) is 9.86. The van der Waals surface area contributed by atoms with Gasteiger partial charge in [0.15, 0.2) is 6.61 Å². The second-order valence-electron chi connectivity index (χ2n) is 7.22. The second-order valence-corrected chi connectivity index (χ2v) is 7.22. The van der Waals surface area contributed by atoms with Crippen molar-refractivity contribution in [2.75, 3.05) is 19.7 Å². The van der Waals surface area contributed by atoms with E-state index in [1.54, 1.807) is 36.4 Å². The van der Waals surface area contributed by atoms with E-state index >= 15 is 0 Å². The van der Waals surface area contributed by atoms with E-state index in [1.165, 1.54) is 18.2 Å². The van der Waals surface area contributed by atoms with Crippen LogP contribution in [0.25, 0.3) is 0 Å². The number of hydrogen-bond donors (Lipinski definition) is 1. The van der Waals surface area contributed by atoms with Gasteiger partial charge in [0.2, 0.25) is 5.91 Å². The highest BCUT2D eigenvalue weighted by atomic mass is 19.4. The maximum atomic E-state index is 13.0. The first-order chi connectivity index (χ1) is 15.6. The van der Waals surface area contributed by atoms with E-state index in [4.69, 9.17) is 4.74 Å². The third kappa shape index (κ3) is 6.55. The van der Waals surface area contributed by atoms with Crippen LogP contribution in [0.4, 0.5) is 18.0 Å². The van der Waals surface area contributed by atoms with E-state index in [0.717, 1.165) is 4.90 Å². The summed E-state index contributed by atoms with van der Waals surface area (Å²) in [4.78, 5) is 50.1. The fraction of sp³-hybridized carbons (Fsp3) is 0.273. The van der Waals surface area contributed by atoms with Gasteiger partial charge in [-0.2, -0.15) is 13.2 Å². The lowest BCUT2D eigenvalue weighted by Crippen LogP contribution is -2.40. The maximum Gasteiger partial charge on any atom is 0.406 e. The molecule has 1 saturated heterocycles. The molecule has 174 valence electrons. The molecule has 2 aromatic rings. The molecular weight excluding hydrogens is 443 g/mol. The normalized spacial score (nSPS) is 13.6. The first-order valence-corrected chi connectivity index (χ1v) is 9.86. The van der Waals surface area contributed by atoms with E-state index in [1.807, 2.05) is 0 Å². The zero-order chi connectivity index (χ0) is 24.0. The molecule has 1 aliphatic heterocycles. The van der Waals surface area contributed by atoms with Crippen LogP contribution in [0.5, 0.6) is 0 Å². The Morgan fingerprint density at radius 3 is 2.33 bits per heavy atom. The molecule has 1 N–H and O–H groups in total. The van der Waals surface area contributed by atoms with Crippen molar-refractivity contribution in [1.82, 2.24) is 15.1 Å². The van der Waals surface area contributed by atoms with Crippen LogP contribution in [0, 0.1) is 0 Å². The van der Waals surface area contributed by atoms with Gasteiger partial charge in [-0.05, 0) is 17.2 Å². The van der Waals surface area contributed by atoms with Crippen LogP contribution in [-0.2, 0) is 27.4 Å². The summed E-state index contributed by atoms with van der Waals surface area (Å²) in [7, 11) is 0. The van der Waals surface area contributed by atoms with E-state index in [-0.39, 0.29) is 30.8 Å². The van der Waals surface area contributed by atoms with Gasteiger partial charge in [0, 0.05) is 6.54 Å². The molecule has 11 heteroatoms. The van der Waals surface area contributed by atoms with Crippen LogP contribution < -0.4 is 5.32 Å². The van der Waals surface area contributed by atoms with Crippen LogP contribution in [0.2, 0.25) is 0 Å². The lowest BCUT2D eigenvalue weighted by atomic mass is 10.1. The van der Waals surface area contributed by atoms with Crippen molar-refractivity contribution in [1.29, 1.82) is 0 Å². The van der Waals surface area contributed by atoms with Crippen molar-refractivity contribution >= 4 is 23.8 Å². The van der Waals surface area contributed by atoms with Crippen molar-refractivity contribution in [3.05, 3.63) is 71.3 Å². The highest BCUT2D eigenvalue weighted by Crippen LogP contribution is 2.19. The van der Waals surface area contributed by atoms with Crippen molar-refractivity contribution in [3.63, 3.8) is 0 Å². The molecule has 1 fully saturated rings. The molecule has 0 aromatic heterocycles. The number of amides is 4. The number of hydrogen-bond acceptors (Lipinski definition) is 5. The fourth-order valence-corrected chi connectivity index (χ4v) is 3.19. The highest BCUT2D eigenvalue weighted by Gasteiger charge is 2.34. The molecule has 2 aromatic carbocycles. The number of imide groups is 1. The molecule has 8 nitrogen and oxygen atoms in total. The summed E-state index contributed by atoms with van der Waals surface area (Å²) in [5, 5.41) is 2.36. The lowest BCUT2D eigenvalue weighted by molar-refractivity contribution is -0.164. The van der Waals surface area contributed by atoms with E-state index < -0.39 is 43.1 Å². The zero-order valence-electron chi connectivity index (χ0n) is 17.3. The number of benzene rings is 2. The molecule has 0 atom stereocenters. The van der Waals surface area contributed by atoms with Gasteiger partial charge in [-0.3, -0.25) is 14.5 Å². The summed E-state index contributed by atoms with van der Waals surface area (Å²) in [6.07, 6.45) is -4.64. The molecule has 33 heavy (non-hydrogen) atoms. The van der Waals surface area contributed by atoms with Gasteiger partial charge in [0.1, 0.15) is 6.54 Å². The smallest absolute Gasteiger partial charge is 0.406 e. The standard InChI is InChI=1S/C22H20F3N3O5/c23-22(24,25)14-27(11-15-6-2-1-3-7-15)19(30)13-33-20(31)17-9-5-4-8-16(17)12-28-18(29)10-26-21(28)32/h1-9H,10-14H2,(H,26,32). The summed E-state index contributed by atoms with van der Waals surface area (Å²) in [5.74, 6) is -2.45. The monoisotopic (exact) mass is 463 g/mol. The van der Waals surface area contributed by atoms with E-state index in [2.05, 4.69) is 5.32 Å². The minimum absolute atomic E-state index is 0.0109. The number of nitrogens with one attached hydrogen (secondary N) is 1. The summed E-state index contributed by atoms with van der Waals surface area (Å²) in [6.45, 7) is -3.06. The summed E-state index contributed by atoms with van der Waals surface area (Å²) in [5.41, 5.74) is 0.764. The Morgan fingerprint density at radius 1 is 1.03 bits per heavy atom. The number of carbonyl (C=O) groups excluding carboxylic acids is 4. The molecular formula is C22H20F3N3O5. The minimum Gasteiger partial charge on any atom is -0.452 e. The van der Waals surface area contributed by atoms with Gasteiger partial charge < -0.3 is 15.0 Å². The molecule has 1 aliphatic rings. The average molecular weight is 463 g/mol. The van der Waals surface area contributed by atoms with Gasteiger partial charge in [0.05, 0.1) is 18.7 Å². The topological polar surface area (TPSA) is 96.0 Å². The molecule has 0 unspecified atom stereocenters. The molecule has 0 saturated carbocycles. The second kappa shape index (κ2) is 10.2. The number of alkyl halides is 3. The summed E-state index contributed by atoms with van der Waals surface area (Å²) in [6, 6.07) is 13.5. The Labute approximate surface area is 186 Å². The lowest BCUT2D eigenvalue weighted by Gasteiger charge is -2.24. The number of ether oxygens (including phenoxy) is 1. The summed E-state index contributed by atoms with van der Waals surface area (Å²) < 4.78 is 43.9. The van der Waals surface area contributed by atoms with Gasteiger partial charge in [-0.25, -0.2) is 9.59 Å². The Balaban J connectivity index is 1.68. The number of halogens is 3. The van der Waals surface area contributed by atoms with Crippen molar-refractivity contribution in [3.8, 4) is 0 Å². The van der Waals surface area contributed by atoms with E-state index in [0.29, 0.717) is 10.5 Å². The van der Waals surface area contributed by atoms with Gasteiger partial charge in [-0.15, -0.1) is 0 Å². The Bertz CT molecular complexity index is 1030. The minimum atomic E-state index is -4.64. The van der Waals surface area contributed by atoms with Crippen LogP contribution in [0.15, 0.2) is 54.6 Å². The molecule has 0 aliphatic carbocycles. The Morgan fingerprint density at radius 2 is 1.70 bits per heavy atom. The van der Waals surface area contributed by atoms with Gasteiger partial charge >= 0.3 is 18.2 Å². The van der Waals surface area contributed by atoms with Crippen molar-refractivity contribution in [2.24, 2.45) is 0 Å². The molecule has 3 rings (SSSR count). The van der Waals surface area contributed by atoms with Gasteiger partial charge in [-0.1, -0.05) is 48.5 Å². The predicted molar refractivity (Wildman–Crippen MR) is 109 cm³/mol. The predicted octanol–water partition coefficient (Wildman–Crippen LogP) is 2.49. The van der Waals surface area contributed by atoms with Crippen LogP contribution in [0.1, 0.15) is 21.5 Å². The van der Waals surface area contributed by atoms with Crippen molar-refractivity contribution < 1.29 is 37.1 Å². The quantitative estimate of drug-likeness (QED) is 0.480. The molecule has 4 amide bonds. The number of carbonyl (C=O) groups is 4. The third-order valence-corrected chi connectivity index (χ3v) is 4.77. The maximum absolute atomic E-state index is 13.0. The molecule has 0 radical (unpaired) electrons. The first kappa shape index (κ1) is 23.8. The zero-order valence-corrected chi connectivity index (χ0v) is 17.3. The number of esters is 1. The molecule has 1 heterocycles. The molecule has 0 spiro atoms. The number of rotatable bonds is 8. The highest BCUT2D eigenvalue weighted by molar-refractivity contribution is 6.02. The average Bonchev–Trinajstić information content (AvgIpc) is 3.09. The Hall–Kier alpha value is -3.89. The van der Waals surface area contributed by atoms with Crippen molar-refractivity contribution in [2.45, 2.75) is 19.3 Å². The fourth-order valence-electron chi connectivity index (χ4n) is 3.19. The van der Waals surface area contributed by atoms with Crippen LogP contribution >= 0.6 is 0 Å². The third-order valence-electron chi connectivity index (χ3n) is 4.77. The van der Waals surface area contributed by atoms with Crippen LogP contribution in [-0.4, -0.2) is 59.5 Å². The largest absolute Gasteiger partial charge is 0.452 e. The Kier molecular flexibility index (Phi) is 7.31. The number of nitrogens with zero attached hydrogens (tertiary/aromatic N) is 2. The summed E-state index contributed by atoms with van der Waals surface area (Å²) >= 11 is 0. The van der Waals surface area contributed by atoms with Crippen LogP contribution in [0.3, 0.4) is 0 Å².